The minimum atomic E-state index is -0.917. The Morgan fingerprint density at radius 2 is 1.93 bits per heavy atom. The van der Waals surface area contributed by atoms with Crippen molar-refractivity contribution in [2.45, 2.75) is 19.9 Å². The van der Waals surface area contributed by atoms with Crippen LogP contribution in [-0.2, 0) is 0 Å². The molecule has 0 aliphatic carbocycles. The van der Waals surface area contributed by atoms with Gasteiger partial charge in [-0.1, -0.05) is 0 Å². The topological polar surface area (TPSA) is 55.1 Å². The van der Waals surface area contributed by atoms with Gasteiger partial charge in [-0.05, 0) is 19.9 Å². The molecular weight excluding hydrogens is 202 g/mol. The van der Waals surface area contributed by atoms with Crippen molar-refractivity contribution in [3.63, 3.8) is 0 Å². The first-order valence-electron chi connectivity index (χ1n) is 4.47. The van der Waals surface area contributed by atoms with Crippen LogP contribution in [-0.4, -0.2) is 11.9 Å². The second kappa shape index (κ2) is 4.25. The number of rotatable bonds is 2. The number of amides is 1. The Kier molecular flexibility index (Phi) is 3.24. The van der Waals surface area contributed by atoms with Crippen molar-refractivity contribution in [2.75, 3.05) is 5.73 Å². The van der Waals surface area contributed by atoms with Gasteiger partial charge in [0, 0.05) is 12.1 Å². The summed E-state index contributed by atoms with van der Waals surface area (Å²) in [4.78, 5) is 11.4. The van der Waals surface area contributed by atoms with E-state index in [-0.39, 0.29) is 17.3 Å². The molecule has 1 aromatic rings. The van der Waals surface area contributed by atoms with E-state index in [9.17, 15) is 13.6 Å². The van der Waals surface area contributed by atoms with Gasteiger partial charge in [0.25, 0.3) is 5.91 Å². The summed E-state index contributed by atoms with van der Waals surface area (Å²) in [5.74, 6) is -2.39. The predicted molar refractivity (Wildman–Crippen MR) is 53.4 cm³/mol. The van der Waals surface area contributed by atoms with Crippen molar-refractivity contribution in [1.82, 2.24) is 5.32 Å². The van der Waals surface area contributed by atoms with Gasteiger partial charge in [0.2, 0.25) is 0 Å². The van der Waals surface area contributed by atoms with Gasteiger partial charge < -0.3 is 11.1 Å². The fraction of sp³-hybridized carbons (Fsp3) is 0.300. The summed E-state index contributed by atoms with van der Waals surface area (Å²) in [6, 6.07) is 1.47. The summed E-state index contributed by atoms with van der Waals surface area (Å²) in [6.45, 7) is 3.48. The molecule has 0 fully saturated rings. The second-order valence-corrected chi connectivity index (χ2v) is 3.48. The first-order chi connectivity index (χ1) is 6.91. The predicted octanol–water partition coefficient (Wildman–Crippen LogP) is 1.69. The monoisotopic (exact) mass is 214 g/mol. The summed E-state index contributed by atoms with van der Waals surface area (Å²) in [6.07, 6.45) is 0. The van der Waals surface area contributed by atoms with Crippen LogP contribution in [0.2, 0.25) is 0 Å². The molecule has 1 amide bonds. The van der Waals surface area contributed by atoms with E-state index in [0.29, 0.717) is 6.07 Å². The highest BCUT2D eigenvalue weighted by Crippen LogP contribution is 2.16. The molecule has 0 saturated carbocycles. The summed E-state index contributed by atoms with van der Waals surface area (Å²) >= 11 is 0. The zero-order valence-corrected chi connectivity index (χ0v) is 8.47. The molecule has 82 valence electrons. The van der Waals surface area contributed by atoms with Crippen LogP contribution in [0, 0.1) is 11.6 Å². The maximum Gasteiger partial charge on any atom is 0.254 e. The van der Waals surface area contributed by atoms with Crippen LogP contribution >= 0.6 is 0 Å². The Morgan fingerprint density at radius 1 is 1.33 bits per heavy atom. The van der Waals surface area contributed by atoms with Crippen molar-refractivity contribution in [2.24, 2.45) is 0 Å². The van der Waals surface area contributed by atoms with Crippen molar-refractivity contribution >= 4 is 11.6 Å². The van der Waals surface area contributed by atoms with Crippen LogP contribution in [0.4, 0.5) is 14.5 Å². The number of anilines is 1. The molecule has 0 saturated heterocycles. The van der Waals surface area contributed by atoms with Crippen LogP contribution in [0.15, 0.2) is 12.1 Å². The van der Waals surface area contributed by atoms with Crippen molar-refractivity contribution in [3.8, 4) is 0 Å². The van der Waals surface area contributed by atoms with Crippen LogP contribution in [0.25, 0.3) is 0 Å². The van der Waals surface area contributed by atoms with E-state index in [1.807, 2.05) is 0 Å². The number of halogens is 2. The van der Waals surface area contributed by atoms with Gasteiger partial charge in [0.05, 0.1) is 11.3 Å². The molecule has 3 nitrogen and oxygen atoms in total. The number of hydrogen-bond acceptors (Lipinski definition) is 2. The van der Waals surface area contributed by atoms with Crippen molar-refractivity contribution in [1.29, 1.82) is 0 Å². The first kappa shape index (κ1) is 11.4. The number of carbonyl (C=O) groups is 1. The molecule has 0 aromatic heterocycles. The van der Waals surface area contributed by atoms with Crippen LogP contribution in [0.5, 0.6) is 0 Å². The Labute approximate surface area is 86.3 Å². The minimum absolute atomic E-state index is 0.122. The summed E-state index contributed by atoms with van der Waals surface area (Å²) in [5.41, 5.74) is 4.74. The highest BCUT2D eigenvalue weighted by atomic mass is 19.1. The highest BCUT2D eigenvalue weighted by molar-refractivity contribution is 5.95. The number of nitrogens with two attached hydrogens (primary N) is 1. The Balaban J connectivity index is 3.04. The van der Waals surface area contributed by atoms with Gasteiger partial charge in [0.15, 0.2) is 0 Å². The fourth-order valence-corrected chi connectivity index (χ4v) is 1.08. The molecular formula is C10H12F2N2O. The Hall–Kier alpha value is -1.65. The third-order valence-corrected chi connectivity index (χ3v) is 1.75. The molecule has 0 heterocycles. The molecule has 3 N–H and O–H groups in total. The molecule has 0 unspecified atom stereocenters. The van der Waals surface area contributed by atoms with E-state index in [0.717, 1.165) is 6.07 Å². The van der Waals surface area contributed by atoms with Crippen LogP contribution in [0.3, 0.4) is 0 Å². The zero-order chi connectivity index (χ0) is 11.6. The number of nitrogen functional groups attached to an aromatic ring is 1. The first-order valence-corrected chi connectivity index (χ1v) is 4.47. The lowest BCUT2D eigenvalue weighted by Crippen LogP contribution is -2.30. The van der Waals surface area contributed by atoms with E-state index >= 15 is 0 Å². The van der Waals surface area contributed by atoms with Gasteiger partial charge in [-0.25, -0.2) is 8.78 Å². The maximum atomic E-state index is 13.2. The van der Waals surface area contributed by atoms with E-state index < -0.39 is 17.5 Å². The van der Waals surface area contributed by atoms with E-state index in [2.05, 4.69) is 5.32 Å². The summed E-state index contributed by atoms with van der Waals surface area (Å²) in [7, 11) is 0. The lowest BCUT2D eigenvalue weighted by molar-refractivity contribution is 0.0939. The van der Waals surface area contributed by atoms with E-state index in [4.69, 9.17) is 5.73 Å². The quantitative estimate of drug-likeness (QED) is 0.736. The average molecular weight is 214 g/mol. The Morgan fingerprint density at radius 3 is 2.47 bits per heavy atom. The number of carbonyl (C=O) groups excluding carboxylic acids is 1. The van der Waals surface area contributed by atoms with E-state index in [1.165, 1.54) is 0 Å². The van der Waals surface area contributed by atoms with Gasteiger partial charge >= 0.3 is 0 Å². The largest absolute Gasteiger partial charge is 0.396 e. The SMILES string of the molecule is CC(C)NC(=O)c1cc(N)c(F)cc1F. The molecule has 5 heteroatoms. The highest BCUT2D eigenvalue weighted by Gasteiger charge is 2.15. The lowest BCUT2D eigenvalue weighted by atomic mass is 10.1. The molecule has 15 heavy (non-hydrogen) atoms. The minimum Gasteiger partial charge on any atom is -0.396 e. The third kappa shape index (κ3) is 2.65. The molecule has 0 spiro atoms. The fourth-order valence-electron chi connectivity index (χ4n) is 1.08. The van der Waals surface area contributed by atoms with Crippen molar-refractivity contribution < 1.29 is 13.6 Å². The van der Waals surface area contributed by atoms with Gasteiger partial charge in [-0.3, -0.25) is 4.79 Å². The molecule has 1 aromatic carbocycles. The van der Waals surface area contributed by atoms with Gasteiger partial charge in [0.1, 0.15) is 11.6 Å². The lowest BCUT2D eigenvalue weighted by Gasteiger charge is -2.09. The van der Waals surface area contributed by atoms with E-state index in [1.54, 1.807) is 13.8 Å². The van der Waals surface area contributed by atoms with Gasteiger partial charge in [-0.2, -0.15) is 0 Å². The van der Waals surface area contributed by atoms with Crippen molar-refractivity contribution in [3.05, 3.63) is 29.3 Å². The molecule has 0 radical (unpaired) electrons. The second-order valence-electron chi connectivity index (χ2n) is 3.48. The molecule has 0 atom stereocenters. The van der Waals surface area contributed by atoms with Crippen LogP contribution in [0.1, 0.15) is 24.2 Å². The normalized spacial score (nSPS) is 10.5. The molecule has 0 bridgehead atoms. The van der Waals surface area contributed by atoms with Gasteiger partial charge in [-0.15, -0.1) is 0 Å². The smallest absolute Gasteiger partial charge is 0.254 e. The number of nitrogens with one attached hydrogen (secondary N) is 1. The number of benzene rings is 1. The molecule has 0 aliphatic rings. The Bertz CT molecular complexity index is 391. The third-order valence-electron chi connectivity index (χ3n) is 1.75. The summed E-state index contributed by atoms with van der Waals surface area (Å²) in [5, 5.41) is 2.49. The molecule has 1 rings (SSSR count). The summed E-state index contributed by atoms with van der Waals surface area (Å²) < 4.78 is 26.0. The standard InChI is InChI=1S/C10H12F2N2O/c1-5(2)14-10(15)6-3-9(13)8(12)4-7(6)11/h3-5H,13H2,1-2H3,(H,14,15). The zero-order valence-electron chi connectivity index (χ0n) is 8.47. The van der Waals surface area contributed by atoms with Crippen LogP contribution < -0.4 is 11.1 Å². The maximum absolute atomic E-state index is 13.2. The average Bonchev–Trinajstić information content (AvgIpc) is 2.09. The number of hydrogen-bond donors (Lipinski definition) is 2. The molecule has 0 aliphatic heterocycles.